The van der Waals surface area contributed by atoms with Gasteiger partial charge in [0.2, 0.25) is 0 Å². The number of nitrogens with zero attached hydrogens (tertiary/aromatic N) is 2. The highest BCUT2D eigenvalue weighted by Gasteiger charge is 2.30. The molecule has 0 aromatic heterocycles. The molecule has 19 heavy (non-hydrogen) atoms. The molecular formula is C14H18BrClN2O. The summed E-state index contributed by atoms with van der Waals surface area (Å²) in [6, 6.07) is 5.70. The van der Waals surface area contributed by atoms with Crippen molar-refractivity contribution in [2.24, 2.45) is 0 Å². The van der Waals surface area contributed by atoms with Crippen LogP contribution in [-0.4, -0.2) is 48.9 Å². The van der Waals surface area contributed by atoms with Crippen LogP contribution in [0.1, 0.15) is 23.2 Å². The third-order valence-electron chi connectivity index (χ3n) is 3.37. The van der Waals surface area contributed by atoms with Gasteiger partial charge >= 0.3 is 0 Å². The molecule has 1 atom stereocenters. The van der Waals surface area contributed by atoms with Gasteiger partial charge in [0.25, 0.3) is 5.91 Å². The Morgan fingerprint density at radius 3 is 2.95 bits per heavy atom. The molecule has 2 rings (SSSR count). The average molecular weight is 346 g/mol. The van der Waals surface area contributed by atoms with E-state index in [1.54, 1.807) is 12.1 Å². The average Bonchev–Trinajstić information content (AvgIpc) is 2.78. The highest BCUT2D eigenvalue weighted by Crippen LogP contribution is 2.26. The predicted molar refractivity (Wildman–Crippen MR) is 81.8 cm³/mol. The van der Waals surface area contributed by atoms with E-state index in [1.807, 2.05) is 25.1 Å². The van der Waals surface area contributed by atoms with Crippen LogP contribution in [0, 0.1) is 0 Å². The SMILES string of the molecule is CN(C)CC1CCCN1C(=O)c1cc(Br)ccc1Cl. The zero-order valence-electron chi connectivity index (χ0n) is 11.2. The molecule has 0 saturated carbocycles. The van der Waals surface area contributed by atoms with E-state index in [0.29, 0.717) is 10.6 Å². The summed E-state index contributed by atoms with van der Waals surface area (Å²) in [6.07, 6.45) is 2.13. The van der Waals surface area contributed by atoms with Gasteiger partial charge < -0.3 is 9.80 Å². The molecule has 0 spiro atoms. The summed E-state index contributed by atoms with van der Waals surface area (Å²) in [4.78, 5) is 16.7. The lowest BCUT2D eigenvalue weighted by atomic mass is 10.1. The number of halogens is 2. The van der Waals surface area contributed by atoms with Crippen LogP contribution in [-0.2, 0) is 0 Å². The van der Waals surface area contributed by atoms with Crippen LogP contribution < -0.4 is 0 Å². The fourth-order valence-corrected chi connectivity index (χ4v) is 3.09. The maximum absolute atomic E-state index is 12.6. The Hall–Kier alpha value is -0.580. The summed E-state index contributed by atoms with van der Waals surface area (Å²) in [7, 11) is 4.07. The van der Waals surface area contributed by atoms with Crippen molar-refractivity contribution >= 4 is 33.4 Å². The minimum atomic E-state index is 0.0376. The number of carbonyl (C=O) groups excluding carboxylic acids is 1. The van der Waals surface area contributed by atoms with Gasteiger partial charge in [0.1, 0.15) is 0 Å². The summed E-state index contributed by atoms with van der Waals surface area (Å²) in [5.74, 6) is 0.0376. The van der Waals surface area contributed by atoms with Gasteiger partial charge in [0.05, 0.1) is 10.6 Å². The Labute approximate surface area is 127 Å². The van der Waals surface area contributed by atoms with Gasteiger partial charge in [-0.3, -0.25) is 4.79 Å². The van der Waals surface area contributed by atoms with E-state index in [-0.39, 0.29) is 11.9 Å². The Morgan fingerprint density at radius 2 is 2.26 bits per heavy atom. The normalized spacial score (nSPS) is 19.2. The first-order valence-electron chi connectivity index (χ1n) is 6.40. The van der Waals surface area contributed by atoms with E-state index in [2.05, 4.69) is 20.8 Å². The molecule has 1 saturated heterocycles. The van der Waals surface area contributed by atoms with Crippen molar-refractivity contribution in [3.63, 3.8) is 0 Å². The second-order valence-electron chi connectivity index (χ2n) is 5.18. The van der Waals surface area contributed by atoms with Crippen LogP contribution in [0.15, 0.2) is 22.7 Å². The largest absolute Gasteiger partial charge is 0.334 e. The number of rotatable bonds is 3. The van der Waals surface area contributed by atoms with Crippen LogP contribution >= 0.6 is 27.5 Å². The minimum absolute atomic E-state index is 0.0376. The maximum atomic E-state index is 12.6. The van der Waals surface area contributed by atoms with E-state index in [4.69, 9.17) is 11.6 Å². The van der Waals surface area contributed by atoms with Crippen molar-refractivity contribution in [1.82, 2.24) is 9.80 Å². The number of benzene rings is 1. The maximum Gasteiger partial charge on any atom is 0.255 e. The van der Waals surface area contributed by atoms with Gasteiger partial charge in [-0.15, -0.1) is 0 Å². The molecular weight excluding hydrogens is 328 g/mol. The first kappa shape index (κ1) is 14.8. The zero-order valence-corrected chi connectivity index (χ0v) is 13.5. The number of hydrogen-bond acceptors (Lipinski definition) is 2. The first-order chi connectivity index (χ1) is 8.99. The molecule has 5 heteroatoms. The number of likely N-dealkylation sites (N-methyl/N-ethyl adjacent to an activating group) is 1. The van der Waals surface area contributed by atoms with Crippen LogP contribution in [0.25, 0.3) is 0 Å². The fraction of sp³-hybridized carbons (Fsp3) is 0.500. The Bertz CT molecular complexity index is 479. The molecule has 1 aliphatic rings. The topological polar surface area (TPSA) is 23.6 Å². The van der Waals surface area contributed by atoms with Crippen molar-refractivity contribution in [2.45, 2.75) is 18.9 Å². The fourth-order valence-electron chi connectivity index (χ4n) is 2.53. The van der Waals surface area contributed by atoms with Crippen molar-refractivity contribution < 1.29 is 4.79 Å². The molecule has 1 amide bonds. The van der Waals surface area contributed by atoms with E-state index in [9.17, 15) is 4.79 Å². The standard InChI is InChI=1S/C14H18BrClN2O/c1-17(2)9-11-4-3-7-18(11)14(19)12-8-10(15)5-6-13(12)16/h5-6,8,11H,3-4,7,9H2,1-2H3. The van der Waals surface area contributed by atoms with Gasteiger partial charge in [-0.05, 0) is 45.1 Å². The zero-order chi connectivity index (χ0) is 14.0. The molecule has 1 unspecified atom stereocenters. The van der Waals surface area contributed by atoms with Crippen molar-refractivity contribution in [1.29, 1.82) is 0 Å². The summed E-state index contributed by atoms with van der Waals surface area (Å²) in [6.45, 7) is 1.72. The summed E-state index contributed by atoms with van der Waals surface area (Å²) >= 11 is 9.54. The molecule has 0 radical (unpaired) electrons. The molecule has 1 aromatic rings. The van der Waals surface area contributed by atoms with E-state index >= 15 is 0 Å². The predicted octanol–water partition coefficient (Wildman–Crippen LogP) is 3.27. The quantitative estimate of drug-likeness (QED) is 0.839. The van der Waals surface area contributed by atoms with Crippen molar-refractivity contribution in [2.75, 3.05) is 27.2 Å². The molecule has 1 aliphatic heterocycles. The van der Waals surface area contributed by atoms with Gasteiger partial charge in [-0.1, -0.05) is 27.5 Å². The molecule has 1 heterocycles. The smallest absolute Gasteiger partial charge is 0.255 e. The number of likely N-dealkylation sites (tertiary alicyclic amines) is 1. The third kappa shape index (κ3) is 3.50. The molecule has 1 fully saturated rings. The van der Waals surface area contributed by atoms with Crippen LogP contribution in [0.2, 0.25) is 5.02 Å². The first-order valence-corrected chi connectivity index (χ1v) is 7.57. The van der Waals surface area contributed by atoms with Gasteiger partial charge in [0, 0.05) is 23.6 Å². The highest BCUT2D eigenvalue weighted by molar-refractivity contribution is 9.10. The van der Waals surface area contributed by atoms with Gasteiger partial charge in [0.15, 0.2) is 0 Å². The molecule has 3 nitrogen and oxygen atoms in total. The third-order valence-corrected chi connectivity index (χ3v) is 4.20. The molecule has 0 N–H and O–H groups in total. The van der Waals surface area contributed by atoms with Crippen molar-refractivity contribution in [3.05, 3.63) is 33.3 Å². The lowest BCUT2D eigenvalue weighted by molar-refractivity contribution is 0.0716. The van der Waals surface area contributed by atoms with Crippen molar-refractivity contribution in [3.8, 4) is 0 Å². The van der Waals surface area contributed by atoms with Crippen LogP contribution in [0.5, 0.6) is 0 Å². The minimum Gasteiger partial charge on any atom is -0.334 e. The molecule has 104 valence electrons. The Kier molecular flexibility index (Phi) is 4.87. The second-order valence-corrected chi connectivity index (χ2v) is 6.50. The summed E-state index contributed by atoms with van der Waals surface area (Å²) < 4.78 is 0.878. The van der Waals surface area contributed by atoms with E-state index in [0.717, 1.165) is 30.4 Å². The van der Waals surface area contributed by atoms with E-state index < -0.39 is 0 Å². The molecule has 0 bridgehead atoms. The highest BCUT2D eigenvalue weighted by atomic mass is 79.9. The lowest BCUT2D eigenvalue weighted by Gasteiger charge is -2.27. The second kappa shape index (κ2) is 6.25. The monoisotopic (exact) mass is 344 g/mol. The summed E-state index contributed by atoms with van der Waals surface area (Å²) in [5.41, 5.74) is 0.585. The molecule has 1 aromatic carbocycles. The van der Waals surface area contributed by atoms with E-state index in [1.165, 1.54) is 0 Å². The number of hydrogen-bond donors (Lipinski definition) is 0. The van der Waals surface area contributed by atoms with Crippen LogP contribution in [0.3, 0.4) is 0 Å². The Morgan fingerprint density at radius 1 is 1.53 bits per heavy atom. The van der Waals surface area contributed by atoms with Gasteiger partial charge in [-0.2, -0.15) is 0 Å². The Balaban J connectivity index is 2.20. The van der Waals surface area contributed by atoms with Gasteiger partial charge in [-0.25, -0.2) is 0 Å². The summed E-state index contributed by atoms with van der Waals surface area (Å²) in [5, 5.41) is 0.517. The lowest BCUT2D eigenvalue weighted by Crippen LogP contribution is -2.41. The van der Waals surface area contributed by atoms with Crippen LogP contribution in [0.4, 0.5) is 0 Å². The molecule has 0 aliphatic carbocycles. The number of amides is 1. The number of carbonyl (C=O) groups is 1.